The summed E-state index contributed by atoms with van der Waals surface area (Å²) in [4.78, 5) is 15.6. The molecule has 0 radical (unpaired) electrons. The Morgan fingerprint density at radius 1 is 1.06 bits per heavy atom. The van der Waals surface area contributed by atoms with Crippen molar-refractivity contribution in [2.45, 2.75) is 64.3 Å². The highest BCUT2D eigenvalue weighted by atomic mass is 35.5. The predicted molar refractivity (Wildman–Crippen MR) is 143 cm³/mol. The molecular weight excluding hydrogens is 446 g/mol. The molecule has 5 heteroatoms. The average molecular weight is 480 g/mol. The van der Waals surface area contributed by atoms with Crippen molar-refractivity contribution < 1.29 is 9.22 Å². The lowest BCUT2D eigenvalue weighted by Crippen LogP contribution is -2.41. The van der Waals surface area contributed by atoms with Crippen LogP contribution in [-0.4, -0.2) is 19.6 Å². The maximum Gasteiger partial charge on any atom is 0.192 e. The number of benzene rings is 2. The van der Waals surface area contributed by atoms with Gasteiger partial charge in [-0.25, -0.2) is 4.98 Å². The van der Waals surface area contributed by atoms with Crippen LogP contribution >= 0.6 is 11.6 Å². The van der Waals surface area contributed by atoms with E-state index in [4.69, 9.17) is 21.0 Å². The van der Waals surface area contributed by atoms with E-state index in [0.29, 0.717) is 11.4 Å². The zero-order valence-electron chi connectivity index (χ0n) is 20.3. The Kier molecular flexibility index (Phi) is 8.27. The van der Waals surface area contributed by atoms with Crippen molar-refractivity contribution >= 4 is 49.3 Å². The van der Waals surface area contributed by atoms with Crippen LogP contribution in [0.15, 0.2) is 54.6 Å². The number of rotatable bonds is 9. The van der Waals surface area contributed by atoms with Gasteiger partial charge in [-0.05, 0) is 72.4 Å². The first-order valence-corrected chi connectivity index (χ1v) is 14.8. The maximum absolute atomic E-state index is 10.9. The van der Waals surface area contributed by atoms with E-state index >= 15 is 0 Å². The quantitative estimate of drug-likeness (QED) is 0.175. The van der Waals surface area contributed by atoms with Gasteiger partial charge in [-0.2, -0.15) is 0 Å². The van der Waals surface area contributed by atoms with E-state index in [1.54, 1.807) is 0 Å². The monoisotopic (exact) mass is 479 g/mol. The number of aldehydes is 1. The van der Waals surface area contributed by atoms with Gasteiger partial charge in [0.25, 0.3) is 0 Å². The third kappa shape index (κ3) is 6.86. The van der Waals surface area contributed by atoms with Gasteiger partial charge in [-0.15, -0.1) is 0 Å². The molecule has 0 fully saturated rings. The van der Waals surface area contributed by atoms with Crippen LogP contribution in [0, 0.1) is 0 Å². The number of hydrogen-bond acceptors (Lipinski definition) is 3. The molecule has 0 N–H and O–H groups in total. The number of pyridine rings is 1. The SMILES string of the molecule is CC(C)(C)[Si](C)(C)O[C@@H](CCCC=O)c1cccc(/C=C/c2ccc3ccc(Cl)cc3n2)c1. The van der Waals surface area contributed by atoms with E-state index in [-0.39, 0.29) is 11.1 Å². The molecule has 0 bridgehead atoms. The second kappa shape index (κ2) is 10.8. The molecule has 0 saturated carbocycles. The third-order valence-corrected chi connectivity index (χ3v) is 11.2. The molecule has 1 atom stereocenters. The van der Waals surface area contributed by atoms with Gasteiger partial charge >= 0.3 is 0 Å². The minimum atomic E-state index is -1.96. The molecule has 0 aliphatic rings. The second-order valence-corrected chi connectivity index (χ2v) is 15.2. The van der Waals surface area contributed by atoms with Crippen LogP contribution in [0.1, 0.15) is 63.0 Å². The van der Waals surface area contributed by atoms with Gasteiger partial charge < -0.3 is 9.22 Å². The van der Waals surface area contributed by atoms with Crippen molar-refractivity contribution in [2.75, 3.05) is 0 Å². The van der Waals surface area contributed by atoms with E-state index in [1.165, 1.54) is 0 Å². The Morgan fingerprint density at radius 3 is 2.55 bits per heavy atom. The summed E-state index contributed by atoms with van der Waals surface area (Å²) in [5.41, 5.74) is 4.03. The van der Waals surface area contributed by atoms with E-state index in [1.807, 2.05) is 30.3 Å². The number of nitrogens with zero attached hydrogens (tertiary/aromatic N) is 1. The summed E-state index contributed by atoms with van der Waals surface area (Å²) in [6.45, 7) is 11.3. The number of unbranched alkanes of at least 4 members (excludes halogenated alkanes) is 1. The molecular formula is C28H34ClNO2Si. The average Bonchev–Trinajstić information content (AvgIpc) is 2.76. The normalized spacial score (nSPS) is 13.5. The van der Waals surface area contributed by atoms with Gasteiger partial charge in [-0.1, -0.05) is 68.8 Å². The van der Waals surface area contributed by atoms with E-state index < -0.39 is 8.32 Å². The fourth-order valence-electron chi connectivity index (χ4n) is 3.46. The summed E-state index contributed by atoms with van der Waals surface area (Å²) in [7, 11) is -1.96. The molecule has 0 aliphatic carbocycles. The zero-order valence-corrected chi connectivity index (χ0v) is 22.0. The van der Waals surface area contributed by atoms with Crippen molar-refractivity contribution in [1.82, 2.24) is 4.98 Å². The number of aromatic nitrogens is 1. The lowest BCUT2D eigenvalue weighted by Gasteiger charge is -2.39. The standard InChI is InChI=1S/C28H34ClNO2Si/c1-28(2,3)33(4,5)32-27(11-6-7-18-31)23-10-8-9-21(19-23)12-16-25-17-14-22-13-15-24(29)20-26(22)30-25/h8-10,12-20,27H,6-7,11H2,1-5H3/b16-12+/t27-/m0/s1. The minimum absolute atomic E-state index is 0.0138. The summed E-state index contributed by atoms with van der Waals surface area (Å²) >= 11 is 6.12. The Balaban J connectivity index is 1.84. The first-order valence-electron chi connectivity index (χ1n) is 11.5. The Morgan fingerprint density at radius 2 is 1.82 bits per heavy atom. The van der Waals surface area contributed by atoms with Crippen molar-refractivity contribution in [3.63, 3.8) is 0 Å². The van der Waals surface area contributed by atoms with Crippen LogP contribution in [-0.2, 0) is 9.22 Å². The molecule has 0 unspecified atom stereocenters. The summed E-state index contributed by atoms with van der Waals surface area (Å²) in [5.74, 6) is 0. The first-order chi connectivity index (χ1) is 15.6. The molecule has 0 spiro atoms. The van der Waals surface area contributed by atoms with Crippen LogP contribution < -0.4 is 0 Å². The predicted octanol–water partition coefficient (Wildman–Crippen LogP) is 8.49. The molecule has 2 aromatic carbocycles. The highest BCUT2D eigenvalue weighted by molar-refractivity contribution is 6.74. The van der Waals surface area contributed by atoms with Gasteiger partial charge in [0.05, 0.1) is 17.3 Å². The van der Waals surface area contributed by atoms with Gasteiger partial charge in [0.2, 0.25) is 0 Å². The van der Waals surface area contributed by atoms with Crippen LogP contribution in [0.2, 0.25) is 23.2 Å². The van der Waals surface area contributed by atoms with Crippen molar-refractivity contribution in [3.8, 4) is 0 Å². The minimum Gasteiger partial charge on any atom is -0.410 e. The number of halogens is 1. The van der Waals surface area contributed by atoms with Gasteiger partial charge in [0, 0.05) is 16.8 Å². The van der Waals surface area contributed by atoms with Gasteiger partial charge in [-0.3, -0.25) is 0 Å². The molecule has 0 amide bonds. The summed E-state index contributed by atoms with van der Waals surface area (Å²) < 4.78 is 6.79. The highest BCUT2D eigenvalue weighted by Gasteiger charge is 2.39. The van der Waals surface area contributed by atoms with Crippen molar-refractivity contribution in [3.05, 3.63) is 76.4 Å². The number of hydrogen-bond donors (Lipinski definition) is 0. The largest absolute Gasteiger partial charge is 0.410 e. The second-order valence-electron chi connectivity index (χ2n) is 10.0. The molecule has 3 nitrogen and oxygen atoms in total. The van der Waals surface area contributed by atoms with E-state index in [9.17, 15) is 4.79 Å². The number of carbonyl (C=O) groups excluding carboxylic acids is 1. The first kappa shape index (κ1) is 25.4. The Bertz CT molecular complexity index is 1130. The van der Waals surface area contributed by atoms with Gasteiger partial charge in [0.15, 0.2) is 8.32 Å². The summed E-state index contributed by atoms with van der Waals surface area (Å²) in [5, 5.41) is 1.88. The Hall–Kier alpha value is -2.27. The summed E-state index contributed by atoms with van der Waals surface area (Å²) in [6.07, 6.45) is 7.31. The van der Waals surface area contributed by atoms with Crippen LogP contribution in [0.5, 0.6) is 0 Å². The van der Waals surface area contributed by atoms with E-state index in [2.05, 4.69) is 70.3 Å². The smallest absolute Gasteiger partial charge is 0.192 e. The van der Waals surface area contributed by atoms with Crippen molar-refractivity contribution in [2.24, 2.45) is 0 Å². The molecule has 0 aliphatic heterocycles. The van der Waals surface area contributed by atoms with Crippen LogP contribution in [0.25, 0.3) is 23.1 Å². The number of carbonyl (C=O) groups is 1. The fourth-order valence-corrected chi connectivity index (χ4v) is 4.94. The van der Waals surface area contributed by atoms with Crippen LogP contribution in [0.3, 0.4) is 0 Å². The highest BCUT2D eigenvalue weighted by Crippen LogP contribution is 2.41. The lowest BCUT2D eigenvalue weighted by atomic mass is 10.0. The Labute approximate surface area is 204 Å². The van der Waals surface area contributed by atoms with Gasteiger partial charge in [0.1, 0.15) is 6.29 Å². The molecule has 1 aromatic heterocycles. The topological polar surface area (TPSA) is 39.2 Å². The molecule has 3 rings (SSSR count). The summed E-state index contributed by atoms with van der Waals surface area (Å²) in [6, 6.07) is 18.3. The number of fused-ring (bicyclic) bond motifs is 1. The lowest BCUT2D eigenvalue weighted by molar-refractivity contribution is -0.108. The molecule has 33 heavy (non-hydrogen) atoms. The van der Waals surface area contributed by atoms with Crippen LogP contribution in [0.4, 0.5) is 0 Å². The molecule has 174 valence electrons. The zero-order chi connectivity index (χ0) is 24.1. The van der Waals surface area contributed by atoms with E-state index in [0.717, 1.165) is 46.9 Å². The maximum atomic E-state index is 10.9. The molecule has 1 heterocycles. The van der Waals surface area contributed by atoms with Crippen molar-refractivity contribution in [1.29, 1.82) is 0 Å². The third-order valence-electron chi connectivity index (χ3n) is 6.44. The molecule has 3 aromatic rings. The molecule has 0 saturated heterocycles. The fraction of sp³-hybridized carbons (Fsp3) is 0.357.